The van der Waals surface area contributed by atoms with E-state index >= 15 is 0 Å². The summed E-state index contributed by atoms with van der Waals surface area (Å²) in [4.78, 5) is 26.8. The molecule has 5 nitrogen and oxygen atoms in total. The monoisotopic (exact) mass is 256 g/mol. The molecule has 1 aromatic heterocycles. The molecule has 92 valence electrons. The summed E-state index contributed by atoms with van der Waals surface area (Å²) < 4.78 is 4.59. The standard InChI is InChI=1S/C11H13ClN2O3/c1-17-11(16)8-4-3-7-13-10(8)14-9(15)5-2-6-12/h3-4,7H,2,5-6H2,1H3,(H,13,14,15). The number of esters is 1. The van der Waals surface area contributed by atoms with E-state index < -0.39 is 5.97 Å². The van der Waals surface area contributed by atoms with Crippen LogP contribution in [0.1, 0.15) is 23.2 Å². The number of nitrogens with zero attached hydrogens (tertiary/aromatic N) is 1. The molecular formula is C11H13ClN2O3. The molecule has 1 aromatic rings. The van der Waals surface area contributed by atoms with Crippen LogP contribution in [-0.4, -0.2) is 29.9 Å². The zero-order valence-electron chi connectivity index (χ0n) is 9.40. The van der Waals surface area contributed by atoms with Gasteiger partial charge in [0.25, 0.3) is 0 Å². The topological polar surface area (TPSA) is 68.3 Å². The molecule has 0 bridgehead atoms. The molecule has 1 amide bonds. The molecule has 1 heterocycles. The number of aromatic nitrogens is 1. The number of ether oxygens (including phenoxy) is 1. The van der Waals surface area contributed by atoms with Gasteiger partial charge in [-0.05, 0) is 18.6 Å². The Morgan fingerprint density at radius 3 is 2.94 bits per heavy atom. The fourth-order valence-electron chi connectivity index (χ4n) is 1.20. The Morgan fingerprint density at radius 1 is 1.53 bits per heavy atom. The molecule has 0 atom stereocenters. The van der Waals surface area contributed by atoms with Crippen LogP contribution in [0.2, 0.25) is 0 Å². The van der Waals surface area contributed by atoms with Crippen molar-refractivity contribution in [3.63, 3.8) is 0 Å². The summed E-state index contributed by atoms with van der Waals surface area (Å²) in [7, 11) is 1.27. The summed E-state index contributed by atoms with van der Waals surface area (Å²) in [5.41, 5.74) is 0.231. The molecule has 17 heavy (non-hydrogen) atoms. The van der Waals surface area contributed by atoms with Crippen LogP contribution in [0.5, 0.6) is 0 Å². The van der Waals surface area contributed by atoms with Gasteiger partial charge < -0.3 is 10.1 Å². The van der Waals surface area contributed by atoms with Gasteiger partial charge in [0.1, 0.15) is 11.4 Å². The predicted octanol–water partition coefficient (Wildman–Crippen LogP) is 1.83. The van der Waals surface area contributed by atoms with Crippen LogP contribution in [0.15, 0.2) is 18.3 Å². The van der Waals surface area contributed by atoms with Crippen molar-refractivity contribution in [2.75, 3.05) is 18.3 Å². The molecule has 0 aliphatic carbocycles. The molecule has 0 saturated heterocycles. The van der Waals surface area contributed by atoms with Crippen LogP contribution in [-0.2, 0) is 9.53 Å². The van der Waals surface area contributed by atoms with E-state index in [0.717, 1.165) is 0 Å². The van der Waals surface area contributed by atoms with E-state index in [9.17, 15) is 9.59 Å². The molecule has 0 spiro atoms. The summed E-state index contributed by atoms with van der Waals surface area (Å²) >= 11 is 5.48. The number of rotatable bonds is 5. The fraction of sp³-hybridized carbons (Fsp3) is 0.364. The first-order chi connectivity index (χ1) is 8.19. The van der Waals surface area contributed by atoms with Crippen LogP contribution >= 0.6 is 11.6 Å². The number of carbonyl (C=O) groups is 2. The summed E-state index contributed by atoms with van der Waals surface area (Å²) in [6.45, 7) is 0. The van der Waals surface area contributed by atoms with Gasteiger partial charge in [-0.3, -0.25) is 4.79 Å². The summed E-state index contributed by atoms with van der Waals surface area (Å²) in [5, 5.41) is 2.55. The highest BCUT2D eigenvalue weighted by molar-refractivity contribution is 6.18. The highest BCUT2D eigenvalue weighted by Crippen LogP contribution is 2.13. The fourth-order valence-corrected chi connectivity index (χ4v) is 1.34. The van der Waals surface area contributed by atoms with E-state index in [1.165, 1.54) is 19.4 Å². The number of alkyl halides is 1. The van der Waals surface area contributed by atoms with Gasteiger partial charge in [0.2, 0.25) is 5.91 Å². The maximum absolute atomic E-state index is 11.5. The average Bonchev–Trinajstić information content (AvgIpc) is 2.36. The minimum Gasteiger partial charge on any atom is -0.465 e. The minimum atomic E-state index is -0.536. The zero-order chi connectivity index (χ0) is 12.7. The Balaban J connectivity index is 2.76. The average molecular weight is 257 g/mol. The Labute approximate surface area is 104 Å². The lowest BCUT2D eigenvalue weighted by atomic mass is 10.2. The second kappa shape index (κ2) is 6.85. The van der Waals surface area contributed by atoms with E-state index in [0.29, 0.717) is 18.7 Å². The van der Waals surface area contributed by atoms with Crippen molar-refractivity contribution in [3.8, 4) is 0 Å². The molecule has 0 fully saturated rings. The largest absolute Gasteiger partial charge is 0.465 e. The third kappa shape index (κ3) is 4.03. The summed E-state index contributed by atoms with van der Waals surface area (Å²) in [5.74, 6) is -0.140. The van der Waals surface area contributed by atoms with Crippen molar-refractivity contribution in [3.05, 3.63) is 23.9 Å². The molecule has 1 rings (SSSR count). The maximum Gasteiger partial charge on any atom is 0.341 e. The van der Waals surface area contributed by atoms with E-state index in [1.807, 2.05) is 0 Å². The number of nitrogens with one attached hydrogen (secondary N) is 1. The van der Waals surface area contributed by atoms with Crippen LogP contribution in [0.25, 0.3) is 0 Å². The van der Waals surface area contributed by atoms with Crippen molar-refractivity contribution < 1.29 is 14.3 Å². The highest BCUT2D eigenvalue weighted by atomic mass is 35.5. The highest BCUT2D eigenvalue weighted by Gasteiger charge is 2.14. The minimum absolute atomic E-state index is 0.207. The Bertz CT molecular complexity index is 409. The number of hydrogen-bond acceptors (Lipinski definition) is 4. The van der Waals surface area contributed by atoms with Gasteiger partial charge in [-0.15, -0.1) is 11.6 Å². The van der Waals surface area contributed by atoms with Gasteiger partial charge in [-0.25, -0.2) is 9.78 Å². The maximum atomic E-state index is 11.5. The molecule has 1 N–H and O–H groups in total. The van der Waals surface area contributed by atoms with Gasteiger partial charge in [-0.2, -0.15) is 0 Å². The molecule has 0 unspecified atom stereocenters. The van der Waals surface area contributed by atoms with E-state index in [-0.39, 0.29) is 17.3 Å². The van der Waals surface area contributed by atoms with Gasteiger partial charge in [0.05, 0.1) is 7.11 Å². The lowest BCUT2D eigenvalue weighted by Gasteiger charge is -2.07. The number of methoxy groups -OCH3 is 1. The molecule has 0 aliphatic heterocycles. The van der Waals surface area contributed by atoms with Gasteiger partial charge in [0.15, 0.2) is 0 Å². The van der Waals surface area contributed by atoms with Gasteiger partial charge >= 0.3 is 5.97 Å². The van der Waals surface area contributed by atoms with Crippen LogP contribution in [0.4, 0.5) is 5.82 Å². The number of amides is 1. The third-order valence-electron chi connectivity index (χ3n) is 2.01. The molecular weight excluding hydrogens is 244 g/mol. The molecule has 0 saturated carbocycles. The molecule has 0 aromatic carbocycles. The molecule has 6 heteroatoms. The van der Waals surface area contributed by atoms with E-state index in [2.05, 4.69) is 15.0 Å². The SMILES string of the molecule is COC(=O)c1cccnc1NC(=O)CCCCl. The molecule has 0 aliphatic rings. The smallest absolute Gasteiger partial charge is 0.341 e. The Hall–Kier alpha value is -1.62. The van der Waals surface area contributed by atoms with E-state index in [4.69, 9.17) is 11.6 Å². The van der Waals surface area contributed by atoms with Gasteiger partial charge in [0, 0.05) is 18.5 Å². The quantitative estimate of drug-likeness (QED) is 0.645. The third-order valence-corrected chi connectivity index (χ3v) is 2.28. The number of carbonyl (C=O) groups excluding carboxylic acids is 2. The number of halogens is 1. The summed E-state index contributed by atoms with van der Waals surface area (Å²) in [6.07, 6.45) is 2.36. The first-order valence-electron chi connectivity index (χ1n) is 5.08. The van der Waals surface area contributed by atoms with Crippen molar-refractivity contribution >= 4 is 29.3 Å². The summed E-state index contributed by atoms with van der Waals surface area (Å²) in [6, 6.07) is 3.14. The van der Waals surface area contributed by atoms with Crippen molar-refractivity contribution in [2.24, 2.45) is 0 Å². The van der Waals surface area contributed by atoms with Crippen molar-refractivity contribution in [1.82, 2.24) is 4.98 Å². The number of pyridine rings is 1. The zero-order valence-corrected chi connectivity index (χ0v) is 10.2. The normalized spacial score (nSPS) is 9.76. The van der Waals surface area contributed by atoms with Crippen LogP contribution in [0.3, 0.4) is 0 Å². The molecule has 0 radical (unpaired) electrons. The van der Waals surface area contributed by atoms with Gasteiger partial charge in [-0.1, -0.05) is 0 Å². The first kappa shape index (κ1) is 13.4. The van der Waals surface area contributed by atoms with Crippen molar-refractivity contribution in [1.29, 1.82) is 0 Å². The van der Waals surface area contributed by atoms with Crippen LogP contribution in [0, 0.1) is 0 Å². The predicted molar refractivity (Wildman–Crippen MR) is 64.2 cm³/mol. The second-order valence-electron chi connectivity index (χ2n) is 3.23. The Morgan fingerprint density at radius 2 is 2.29 bits per heavy atom. The van der Waals surface area contributed by atoms with E-state index in [1.54, 1.807) is 6.07 Å². The first-order valence-corrected chi connectivity index (χ1v) is 5.61. The number of anilines is 1. The van der Waals surface area contributed by atoms with Crippen LogP contribution < -0.4 is 5.32 Å². The Kier molecular flexibility index (Phi) is 5.42. The lowest BCUT2D eigenvalue weighted by Crippen LogP contribution is -2.16. The number of hydrogen-bond donors (Lipinski definition) is 1. The van der Waals surface area contributed by atoms with Crippen molar-refractivity contribution in [2.45, 2.75) is 12.8 Å². The second-order valence-corrected chi connectivity index (χ2v) is 3.61. The lowest BCUT2D eigenvalue weighted by molar-refractivity contribution is -0.116.